The van der Waals surface area contributed by atoms with Gasteiger partial charge in [0.1, 0.15) is 6.54 Å². The number of aromatic amines is 1. The van der Waals surface area contributed by atoms with E-state index in [1.807, 2.05) is 19.1 Å². The molecule has 3 rings (SSSR count). The van der Waals surface area contributed by atoms with Crippen molar-refractivity contribution < 1.29 is 14.3 Å². The van der Waals surface area contributed by atoms with Crippen LogP contribution < -0.4 is 11.1 Å². The summed E-state index contributed by atoms with van der Waals surface area (Å²) in [5, 5.41) is 2.81. The highest BCUT2D eigenvalue weighted by atomic mass is 16.5. The Balaban J connectivity index is 1.74. The highest BCUT2D eigenvalue weighted by Crippen LogP contribution is 2.10. The molecule has 1 N–H and O–H groups in total. The monoisotopic (exact) mass is 380 g/mol. The maximum absolute atomic E-state index is 12.4. The minimum atomic E-state index is -1.01. The van der Waals surface area contributed by atoms with Gasteiger partial charge in [-0.25, -0.2) is 4.68 Å². The lowest BCUT2D eigenvalue weighted by Crippen LogP contribution is -2.34. The number of benzene rings is 2. The number of hydrogen-bond donors (Lipinski definition) is 1. The Morgan fingerprint density at radius 1 is 1.04 bits per heavy atom. The van der Waals surface area contributed by atoms with Gasteiger partial charge in [-0.2, -0.15) is 0 Å². The zero-order chi connectivity index (χ0) is 20.3. The first kappa shape index (κ1) is 19.3. The molecule has 144 valence electrons. The highest BCUT2D eigenvalue weighted by Gasteiger charge is 2.20. The fraction of sp³-hybridized carbons (Fsp3) is 0.238. The van der Waals surface area contributed by atoms with Crippen LogP contribution in [0.3, 0.4) is 0 Å². The van der Waals surface area contributed by atoms with Crippen LogP contribution in [0.4, 0.5) is 0 Å². The summed E-state index contributed by atoms with van der Waals surface area (Å²) in [6.07, 6.45) is -0.152. The maximum Gasteiger partial charge on any atom is 0.328 e. The summed E-state index contributed by atoms with van der Waals surface area (Å²) in [4.78, 5) is 49.1. The van der Waals surface area contributed by atoms with Gasteiger partial charge in [-0.15, -0.1) is 0 Å². The third-order valence-corrected chi connectivity index (χ3v) is 4.50. The Kier molecular flexibility index (Phi) is 5.54. The number of hydrogen-bond acceptors (Lipinski definition) is 5. The minimum absolute atomic E-state index is 0.208. The molecule has 0 saturated carbocycles. The number of carbonyl (C=O) groups is 2. The minimum Gasteiger partial charge on any atom is -0.453 e. The van der Waals surface area contributed by atoms with Gasteiger partial charge in [0, 0.05) is 5.56 Å². The molecule has 3 aromatic rings. The van der Waals surface area contributed by atoms with Crippen LogP contribution in [0.15, 0.2) is 58.1 Å². The molecular weight excluding hydrogens is 360 g/mol. The van der Waals surface area contributed by atoms with Crippen molar-refractivity contribution in [3.05, 3.63) is 80.4 Å². The number of carbonyl (C=O) groups excluding carboxylic acids is 2. The average molecular weight is 380 g/mol. The first-order valence-electron chi connectivity index (χ1n) is 8.95. The van der Waals surface area contributed by atoms with Crippen molar-refractivity contribution in [3.63, 3.8) is 0 Å². The van der Waals surface area contributed by atoms with Crippen molar-refractivity contribution in [1.82, 2.24) is 9.78 Å². The van der Waals surface area contributed by atoms with E-state index in [-0.39, 0.29) is 16.6 Å². The fourth-order valence-corrected chi connectivity index (χ4v) is 2.91. The molecule has 7 heteroatoms. The summed E-state index contributed by atoms with van der Waals surface area (Å²) in [7, 11) is 0. The molecule has 2 aromatic carbocycles. The zero-order valence-corrected chi connectivity index (χ0v) is 15.6. The number of nitrogens with zero attached hydrogens (tertiary/aromatic N) is 1. The van der Waals surface area contributed by atoms with Crippen LogP contribution in [0.2, 0.25) is 0 Å². The molecule has 0 unspecified atom stereocenters. The molecule has 0 aliphatic rings. The topological polar surface area (TPSA) is 98.2 Å². The Hall–Kier alpha value is -3.48. The number of Topliss-reactive ketones (excluding diaryl/α,β-unsaturated/α-hetero) is 1. The summed E-state index contributed by atoms with van der Waals surface area (Å²) in [6.45, 7) is 2.99. The number of ketones is 1. The first-order valence-corrected chi connectivity index (χ1v) is 8.95. The summed E-state index contributed by atoms with van der Waals surface area (Å²) in [6, 6.07) is 13.4. The van der Waals surface area contributed by atoms with Gasteiger partial charge in [-0.1, -0.05) is 43.3 Å². The van der Waals surface area contributed by atoms with E-state index in [0.29, 0.717) is 5.56 Å². The number of esters is 1. The lowest BCUT2D eigenvalue weighted by Gasteiger charge is -2.13. The molecule has 0 amide bonds. The molecule has 0 aliphatic heterocycles. The predicted molar refractivity (Wildman–Crippen MR) is 105 cm³/mol. The second-order valence-corrected chi connectivity index (χ2v) is 6.42. The van der Waals surface area contributed by atoms with Crippen molar-refractivity contribution in [2.45, 2.75) is 32.9 Å². The number of rotatable bonds is 6. The largest absolute Gasteiger partial charge is 0.453 e. The summed E-state index contributed by atoms with van der Waals surface area (Å²) in [5.41, 5.74) is 0.541. The van der Waals surface area contributed by atoms with Gasteiger partial charge in [0.15, 0.2) is 6.10 Å². The highest BCUT2D eigenvalue weighted by molar-refractivity contribution is 6.00. The van der Waals surface area contributed by atoms with Crippen LogP contribution in [0.1, 0.15) is 29.8 Å². The van der Waals surface area contributed by atoms with Gasteiger partial charge in [-0.3, -0.25) is 24.3 Å². The van der Waals surface area contributed by atoms with E-state index in [9.17, 15) is 19.2 Å². The van der Waals surface area contributed by atoms with Crippen molar-refractivity contribution >= 4 is 22.5 Å². The first-order chi connectivity index (χ1) is 13.4. The van der Waals surface area contributed by atoms with Gasteiger partial charge in [0.2, 0.25) is 5.78 Å². The Morgan fingerprint density at radius 2 is 1.68 bits per heavy atom. The number of fused-ring (bicyclic) bond motifs is 1. The van der Waals surface area contributed by atoms with Crippen LogP contribution in [0.5, 0.6) is 0 Å². The van der Waals surface area contributed by atoms with Gasteiger partial charge >= 0.3 is 5.97 Å². The summed E-state index contributed by atoms with van der Waals surface area (Å²) in [5.74, 6) is -1.13. The maximum atomic E-state index is 12.4. The Morgan fingerprint density at radius 3 is 2.32 bits per heavy atom. The number of nitrogens with one attached hydrogen (secondary N) is 1. The SMILES string of the molecule is CCc1ccc(C(=O)[C@H](C)OC(=O)Cn2[nH]c(=O)c3ccccc3c2=O)cc1. The molecule has 0 bridgehead atoms. The molecule has 1 atom stereocenters. The average Bonchev–Trinajstić information content (AvgIpc) is 2.71. The van der Waals surface area contributed by atoms with Crippen LogP contribution >= 0.6 is 0 Å². The number of aromatic nitrogens is 2. The van der Waals surface area contributed by atoms with Crippen LogP contribution in [-0.4, -0.2) is 27.6 Å². The number of aryl methyl sites for hydroxylation is 1. The quantitative estimate of drug-likeness (QED) is 0.521. The smallest absolute Gasteiger partial charge is 0.328 e. The van der Waals surface area contributed by atoms with Crippen molar-refractivity contribution in [2.75, 3.05) is 0 Å². The molecule has 0 fully saturated rings. The standard InChI is InChI=1S/C21H20N2O5/c1-3-14-8-10-15(11-9-14)19(25)13(2)28-18(24)12-23-21(27)17-7-5-4-6-16(17)20(26)22-23/h4-11,13H,3,12H2,1-2H3,(H,22,26)/t13-/m0/s1. The lowest BCUT2D eigenvalue weighted by atomic mass is 10.0. The van der Waals surface area contributed by atoms with Gasteiger partial charge in [0.05, 0.1) is 10.8 Å². The van der Waals surface area contributed by atoms with Crippen LogP contribution in [0, 0.1) is 0 Å². The third-order valence-electron chi connectivity index (χ3n) is 4.50. The second kappa shape index (κ2) is 8.04. The second-order valence-electron chi connectivity index (χ2n) is 6.42. The van der Waals surface area contributed by atoms with E-state index >= 15 is 0 Å². The molecular formula is C21H20N2O5. The molecule has 1 aromatic heterocycles. The fourth-order valence-electron chi connectivity index (χ4n) is 2.91. The van der Waals surface area contributed by atoms with E-state index in [1.54, 1.807) is 24.3 Å². The molecule has 1 heterocycles. The van der Waals surface area contributed by atoms with E-state index in [1.165, 1.54) is 19.1 Å². The normalized spacial score (nSPS) is 11.9. The van der Waals surface area contributed by atoms with Crippen LogP contribution in [-0.2, 0) is 22.5 Å². The molecule has 0 spiro atoms. The Bertz CT molecular complexity index is 1140. The molecule has 7 nitrogen and oxygen atoms in total. The van der Waals surface area contributed by atoms with E-state index in [4.69, 9.17) is 4.74 Å². The molecule has 0 aliphatic carbocycles. The van der Waals surface area contributed by atoms with Gasteiger partial charge in [0.25, 0.3) is 11.1 Å². The zero-order valence-electron chi connectivity index (χ0n) is 15.6. The lowest BCUT2D eigenvalue weighted by molar-refractivity contribution is -0.147. The number of ether oxygens (including phenoxy) is 1. The van der Waals surface area contributed by atoms with E-state index in [0.717, 1.165) is 16.7 Å². The van der Waals surface area contributed by atoms with Crippen molar-refractivity contribution in [2.24, 2.45) is 0 Å². The van der Waals surface area contributed by atoms with Crippen LogP contribution in [0.25, 0.3) is 10.8 Å². The van der Waals surface area contributed by atoms with E-state index in [2.05, 4.69) is 5.10 Å². The Labute approximate surface area is 160 Å². The third kappa shape index (κ3) is 3.93. The van der Waals surface area contributed by atoms with Crippen molar-refractivity contribution in [1.29, 1.82) is 0 Å². The van der Waals surface area contributed by atoms with Gasteiger partial charge in [-0.05, 0) is 31.0 Å². The molecule has 0 saturated heterocycles. The number of H-pyrrole nitrogens is 1. The van der Waals surface area contributed by atoms with E-state index < -0.39 is 29.7 Å². The summed E-state index contributed by atoms with van der Waals surface area (Å²) < 4.78 is 6.05. The van der Waals surface area contributed by atoms with Gasteiger partial charge < -0.3 is 4.74 Å². The summed E-state index contributed by atoms with van der Waals surface area (Å²) >= 11 is 0. The molecule has 28 heavy (non-hydrogen) atoms. The van der Waals surface area contributed by atoms with Crippen molar-refractivity contribution in [3.8, 4) is 0 Å². The molecule has 0 radical (unpaired) electrons. The predicted octanol–water partition coefficient (Wildman–Crippen LogP) is 2.07.